The number of aliphatic carboxylic acids is 1. The van der Waals surface area contributed by atoms with Crippen molar-refractivity contribution < 1.29 is 42.1 Å². The fourth-order valence-electron chi connectivity index (χ4n) is 1.67. The number of halogens is 3. The summed E-state index contributed by atoms with van der Waals surface area (Å²) in [4.78, 5) is 32.8. The Kier molecular flexibility index (Phi) is 9.34. The number of rotatable bonds is 6. The molecule has 1 aromatic rings. The zero-order valence-electron chi connectivity index (χ0n) is 14.2. The minimum absolute atomic E-state index is 0.0471. The van der Waals surface area contributed by atoms with Crippen molar-refractivity contribution in [1.82, 2.24) is 0 Å². The minimum atomic E-state index is -5.08. The van der Waals surface area contributed by atoms with Crippen LogP contribution in [0.4, 0.5) is 13.2 Å². The van der Waals surface area contributed by atoms with Crippen LogP contribution in [0.15, 0.2) is 30.3 Å². The number of carbonyl (C=O) groups excluding carboxylic acids is 2. The third kappa shape index (κ3) is 7.51. The number of alkyl halides is 3. The summed E-state index contributed by atoms with van der Waals surface area (Å²) in [6.07, 6.45) is -5.04. The Balaban J connectivity index is 0.000000758. The zero-order valence-corrected chi connectivity index (χ0v) is 14.2. The third-order valence-corrected chi connectivity index (χ3v) is 2.85. The number of hydrogen-bond acceptors (Lipinski definition) is 6. The number of nitrogens with two attached hydrogens (primary N) is 1. The van der Waals surface area contributed by atoms with Crippen molar-refractivity contribution in [3.05, 3.63) is 35.9 Å². The molecule has 1 aromatic carbocycles. The Morgan fingerprint density at radius 3 is 1.69 bits per heavy atom. The molecule has 0 saturated carbocycles. The van der Waals surface area contributed by atoms with E-state index in [9.17, 15) is 22.8 Å². The molecule has 0 amide bonds. The van der Waals surface area contributed by atoms with E-state index in [0.29, 0.717) is 0 Å². The molecular formula is C16H20F3NO6. The van der Waals surface area contributed by atoms with E-state index < -0.39 is 29.6 Å². The summed E-state index contributed by atoms with van der Waals surface area (Å²) in [5.41, 5.74) is 4.91. The van der Waals surface area contributed by atoms with E-state index in [-0.39, 0.29) is 19.6 Å². The van der Waals surface area contributed by atoms with Gasteiger partial charge in [-0.2, -0.15) is 13.2 Å². The van der Waals surface area contributed by atoms with Gasteiger partial charge in [0, 0.05) is 6.42 Å². The largest absolute Gasteiger partial charge is 0.490 e. The first-order chi connectivity index (χ1) is 12.0. The van der Waals surface area contributed by atoms with Crippen LogP contribution < -0.4 is 5.73 Å². The molecule has 0 radical (unpaired) electrons. The first-order valence-corrected chi connectivity index (χ1v) is 7.46. The average molecular weight is 379 g/mol. The molecule has 0 aromatic heterocycles. The van der Waals surface area contributed by atoms with E-state index in [1.165, 1.54) is 0 Å². The van der Waals surface area contributed by atoms with Gasteiger partial charge in [-0.1, -0.05) is 30.3 Å². The summed E-state index contributed by atoms with van der Waals surface area (Å²) in [5, 5.41) is 7.12. The fraction of sp³-hybridized carbons (Fsp3) is 0.438. The summed E-state index contributed by atoms with van der Waals surface area (Å²) < 4.78 is 41.5. The van der Waals surface area contributed by atoms with Crippen molar-refractivity contribution in [1.29, 1.82) is 0 Å². The molecule has 0 unspecified atom stereocenters. The molecule has 0 heterocycles. The highest BCUT2D eigenvalue weighted by Crippen LogP contribution is 2.15. The van der Waals surface area contributed by atoms with Crippen LogP contribution in [0.3, 0.4) is 0 Å². The highest BCUT2D eigenvalue weighted by molar-refractivity contribution is 6.05. The lowest BCUT2D eigenvalue weighted by Gasteiger charge is -2.24. The molecular weight excluding hydrogens is 359 g/mol. The number of carboxylic acid groups (broad SMARTS) is 1. The topological polar surface area (TPSA) is 116 Å². The molecule has 10 heteroatoms. The Hall–Kier alpha value is -2.62. The predicted octanol–water partition coefficient (Wildman–Crippen LogP) is 1.69. The second-order valence-electron chi connectivity index (χ2n) is 4.88. The Labute approximate surface area is 147 Å². The number of esters is 2. The van der Waals surface area contributed by atoms with Crippen molar-refractivity contribution >= 4 is 17.9 Å². The third-order valence-electron chi connectivity index (χ3n) is 2.85. The van der Waals surface area contributed by atoms with Crippen LogP contribution in [0.25, 0.3) is 0 Å². The number of hydrogen-bond donors (Lipinski definition) is 2. The molecule has 0 saturated heterocycles. The minimum Gasteiger partial charge on any atom is -0.475 e. The Bertz CT molecular complexity index is 586. The van der Waals surface area contributed by atoms with Crippen LogP contribution in [-0.4, -0.2) is 47.9 Å². The van der Waals surface area contributed by atoms with Crippen molar-refractivity contribution in [2.45, 2.75) is 32.0 Å². The van der Waals surface area contributed by atoms with Crippen molar-refractivity contribution in [3.8, 4) is 0 Å². The first-order valence-electron chi connectivity index (χ1n) is 7.46. The molecule has 26 heavy (non-hydrogen) atoms. The summed E-state index contributed by atoms with van der Waals surface area (Å²) in [6.45, 7) is 3.63. The maximum Gasteiger partial charge on any atom is 0.490 e. The molecule has 3 N–H and O–H groups in total. The monoisotopic (exact) mass is 379 g/mol. The summed E-state index contributed by atoms with van der Waals surface area (Å²) in [7, 11) is 0. The molecule has 0 atom stereocenters. The van der Waals surface area contributed by atoms with E-state index in [4.69, 9.17) is 25.1 Å². The molecule has 0 aliphatic rings. The smallest absolute Gasteiger partial charge is 0.475 e. The molecule has 1 rings (SSSR count). The van der Waals surface area contributed by atoms with Gasteiger partial charge >= 0.3 is 24.1 Å². The second-order valence-corrected chi connectivity index (χ2v) is 4.88. The van der Waals surface area contributed by atoms with Crippen molar-refractivity contribution in [3.63, 3.8) is 0 Å². The molecule has 0 aliphatic heterocycles. The van der Waals surface area contributed by atoms with Crippen LogP contribution in [0.5, 0.6) is 0 Å². The van der Waals surface area contributed by atoms with E-state index >= 15 is 0 Å². The summed E-state index contributed by atoms with van der Waals surface area (Å²) >= 11 is 0. The number of carboxylic acids is 1. The standard InChI is InChI=1S/C14H19NO4.C2HF3O2/c1-3-18-12(16)14(15,13(17)19-4-2)10-11-8-6-5-7-9-11;3-2(4,5)1(6)7/h5-9H,3-4,10,15H2,1-2H3;(H,6,7). The molecule has 0 fully saturated rings. The van der Waals surface area contributed by atoms with E-state index in [1.807, 2.05) is 18.2 Å². The van der Waals surface area contributed by atoms with Crippen molar-refractivity contribution in [2.24, 2.45) is 5.73 Å². The lowest BCUT2D eigenvalue weighted by molar-refractivity contribution is -0.192. The average Bonchev–Trinajstić information content (AvgIpc) is 2.55. The summed E-state index contributed by atoms with van der Waals surface area (Å²) in [5.74, 6) is -4.29. The van der Waals surface area contributed by atoms with Gasteiger partial charge in [0.2, 0.25) is 5.54 Å². The number of ether oxygens (including phenoxy) is 2. The highest BCUT2D eigenvalue weighted by atomic mass is 19.4. The van der Waals surface area contributed by atoms with Crippen LogP contribution in [0.2, 0.25) is 0 Å². The highest BCUT2D eigenvalue weighted by Gasteiger charge is 2.45. The van der Waals surface area contributed by atoms with Crippen LogP contribution in [-0.2, 0) is 30.3 Å². The lowest BCUT2D eigenvalue weighted by Crippen LogP contribution is -2.58. The van der Waals surface area contributed by atoms with Crippen LogP contribution in [0, 0.1) is 0 Å². The van der Waals surface area contributed by atoms with Gasteiger partial charge in [0.05, 0.1) is 13.2 Å². The van der Waals surface area contributed by atoms with Crippen LogP contribution in [0.1, 0.15) is 19.4 Å². The molecule has 7 nitrogen and oxygen atoms in total. The quantitative estimate of drug-likeness (QED) is 0.571. The normalized spacial score (nSPS) is 11.0. The molecule has 0 spiro atoms. The SMILES string of the molecule is CCOC(=O)C(N)(Cc1ccccc1)C(=O)OCC.O=C(O)C(F)(F)F. The van der Waals surface area contributed by atoms with Gasteiger partial charge in [-0.15, -0.1) is 0 Å². The van der Waals surface area contributed by atoms with E-state index in [0.717, 1.165) is 5.56 Å². The number of carbonyl (C=O) groups is 3. The zero-order chi connectivity index (χ0) is 20.4. The molecule has 0 bridgehead atoms. The van der Waals surface area contributed by atoms with Gasteiger partial charge in [-0.05, 0) is 19.4 Å². The second kappa shape index (κ2) is 10.4. The Morgan fingerprint density at radius 1 is 1.00 bits per heavy atom. The number of benzene rings is 1. The van der Waals surface area contributed by atoms with E-state index in [1.54, 1.807) is 26.0 Å². The van der Waals surface area contributed by atoms with E-state index in [2.05, 4.69) is 0 Å². The van der Waals surface area contributed by atoms with Gasteiger partial charge in [0.15, 0.2) is 0 Å². The van der Waals surface area contributed by atoms with Gasteiger partial charge in [0.1, 0.15) is 0 Å². The van der Waals surface area contributed by atoms with Gasteiger partial charge in [0.25, 0.3) is 0 Å². The maximum absolute atomic E-state index is 11.9. The maximum atomic E-state index is 11.9. The van der Waals surface area contributed by atoms with Crippen molar-refractivity contribution in [2.75, 3.05) is 13.2 Å². The Morgan fingerprint density at radius 2 is 1.38 bits per heavy atom. The molecule has 0 aliphatic carbocycles. The van der Waals surface area contributed by atoms with Gasteiger partial charge in [-0.25, -0.2) is 14.4 Å². The van der Waals surface area contributed by atoms with Crippen LogP contribution >= 0.6 is 0 Å². The summed E-state index contributed by atoms with van der Waals surface area (Å²) in [6, 6.07) is 9.05. The van der Waals surface area contributed by atoms with Gasteiger partial charge < -0.3 is 20.3 Å². The molecule has 146 valence electrons. The predicted molar refractivity (Wildman–Crippen MR) is 84.0 cm³/mol. The fourth-order valence-corrected chi connectivity index (χ4v) is 1.67. The van der Waals surface area contributed by atoms with Gasteiger partial charge in [-0.3, -0.25) is 0 Å². The first kappa shape index (κ1) is 23.4. The lowest BCUT2D eigenvalue weighted by atomic mass is 9.92.